The van der Waals surface area contributed by atoms with E-state index in [-0.39, 0.29) is 10.9 Å². The molecule has 1 aromatic carbocycles. The van der Waals surface area contributed by atoms with Crippen molar-refractivity contribution in [3.63, 3.8) is 0 Å². The predicted octanol–water partition coefficient (Wildman–Crippen LogP) is 1.15. The predicted molar refractivity (Wildman–Crippen MR) is 87.6 cm³/mol. The summed E-state index contributed by atoms with van der Waals surface area (Å²) in [6, 6.07) is 5.30. The van der Waals surface area contributed by atoms with Crippen molar-refractivity contribution < 1.29 is 18.3 Å². The van der Waals surface area contributed by atoms with E-state index in [0.717, 1.165) is 36.0 Å². The summed E-state index contributed by atoms with van der Waals surface area (Å²) in [5.41, 5.74) is 2.68. The van der Waals surface area contributed by atoms with Crippen LogP contribution in [0.15, 0.2) is 29.6 Å². The number of hydrogen-bond acceptors (Lipinski definition) is 7. The number of benzene rings is 1. The van der Waals surface area contributed by atoms with Crippen LogP contribution < -0.4 is 4.74 Å². The van der Waals surface area contributed by atoms with Gasteiger partial charge in [0.2, 0.25) is 15.0 Å². The molecule has 0 aliphatic carbocycles. The molecule has 0 radical (unpaired) electrons. The van der Waals surface area contributed by atoms with Crippen molar-refractivity contribution in [1.82, 2.24) is 14.9 Å². The van der Waals surface area contributed by atoms with Crippen LogP contribution in [0.4, 0.5) is 0 Å². The van der Waals surface area contributed by atoms with Gasteiger partial charge in [-0.05, 0) is 29.7 Å². The van der Waals surface area contributed by atoms with Crippen molar-refractivity contribution in [2.75, 3.05) is 19.9 Å². The van der Waals surface area contributed by atoms with Crippen LogP contribution in [0.3, 0.4) is 0 Å². The summed E-state index contributed by atoms with van der Waals surface area (Å²) >= 11 is 0. The molecule has 2 heterocycles. The Labute approximate surface area is 140 Å². The van der Waals surface area contributed by atoms with Crippen molar-refractivity contribution in [3.05, 3.63) is 41.2 Å². The van der Waals surface area contributed by atoms with Crippen LogP contribution in [0.5, 0.6) is 11.5 Å². The average molecular weight is 349 g/mol. The van der Waals surface area contributed by atoms with Crippen LogP contribution in [0, 0.1) is 0 Å². The summed E-state index contributed by atoms with van der Waals surface area (Å²) in [5.74, 6) is 0.544. The third kappa shape index (κ3) is 3.49. The second-order valence-corrected chi connectivity index (χ2v) is 7.77. The van der Waals surface area contributed by atoms with Gasteiger partial charge in [0.1, 0.15) is 0 Å². The second-order valence-electron chi connectivity index (χ2n) is 5.86. The largest absolute Gasteiger partial charge is 0.504 e. The van der Waals surface area contributed by atoms with Crippen molar-refractivity contribution in [2.45, 2.75) is 24.7 Å². The van der Waals surface area contributed by atoms with E-state index in [9.17, 15) is 13.5 Å². The second kappa shape index (κ2) is 6.37. The number of aromatic nitrogens is 2. The van der Waals surface area contributed by atoms with Crippen molar-refractivity contribution >= 4 is 9.84 Å². The molecule has 128 valence electrons. The fraction of sp³-hybridized carbons (Fsp3) is 0.375. The lowest BCUT2D eigenvalue weighted by atomic mass is 10.1. The van der Waals surface area contributed by atoms with Crippen LogP contribution in [0.1, 0.15) is 16.8 Å². The van der Waals surface area contributed by atoms with Crippen molar-refractivity contribution in [3.8, 4) is 11.5 Å². The first-order chi connectivity index (χ1) is 11.4. The molecule has 0 fully saturated rings. The molecule has 0 spiro atoms. The number of rotatable bonds is 4. The molecule has 2 aromatic rings. The van der Waals surface area contributed by atoms with E-state index in [1.54, 1.807) is 18.3 Å². The normalized spacial score (nSPS) is 15.1. The number of sulfone groups is 1. The molecule has 1 aliphatic heterocycles. The highest BCUT2D eigenvalue weighted by Crippen LogP contribution is 2.27. The van der Waals surface area contributed by atoms with Crippen LogP contribution >= 0.6 is 0 Å². The summed E-state index contributed by atoms with van der Waals surface area (Å²) in [6.45, 7) is 2.00. The van der Waals surface area contributed by atoms with E-state index in [2.05, 4.69) is 14.9 Å². The van der Waals surface area contributed by atoms with Crippen LogP contribution in [0.25, 0.3) is 0 Å². The van der Waals surface area contributed by atoms with E-state index in [4.69, 9.17) is 4.74 Å². The number of aromatic hydroxyl groups is 1. The lowest BCUT2D eigenvalue weighted by Gasteiger charge is -2.28. The first kappa shape index (κ1) is 16.7. The molecular formula is C16H19N3O4S. The summed E-state index contributed by atoms with van der Waals surface area (Å²) < 4.78 is 28.3. The van der Waals surface area contributed by atoms with Gasteiger partial charge in [-0.2, -0.15) is 0 Å². The summed E-state index contributed by atoms with van der Waals surface area (Å²) in [6.07, 6.45) is 3.48. The lowest BCUT2D eigenvalue weighted by Crippen LogP contribution is -2.31. The van der Waals surface area contributed by atoms with Gasteiger partial charge in [-0.15, -0.1) is 0 Å². The van der Waals surface area contributed by atoms with E-state index >= 15 is 0 Å². The van der Waals surface area contributed by atoms with Gasteiger partial charge in [0.25, 0.3) is 0 Å². The van der Waals surface area contributed by atoms with Gasteiger partial charge in [0.15, 0.2) is 11.5 Å². The molecular weight excluding hydrogens is 330 g/mol. The molecule has 3 rings (SSSR count). The first-order valence-electron chi connectivity index (χ1n) is 7.50. The Morgan fingerprint density at radius 3 is 2.83 bits per heavy atom. The zero-order valence-corrected chi connectivity index (χ0v) is 14.4. The number of methoxy groups -OCH3 is 1. The number of nitrogens with zero attached hydrogens (tertiary/aromatic N) is 3. The zero-order chi connectivity index (χ0) is 17.3. The van der Waals surface area contributed by atoms with Gasteiger partial charge in [0, 0.05) is 32.1 Å². The van der Waals surface area contributed by atoms with Gasteiger partial charge < -0.3 is 9.84 Å². The number of hydrogen-bond donors (Lipinski definition) is 1. The minimum atomic E-state index is -3.41. The third-order valence-electron chi connectivity index (χ3n) is 3.98. The molecule has 0 saturated carbocycles. The molecule has 1 N–H and O–H groups in total. The average Bonchev–Trinajstić information content (AvgIpc) is 2.53. The maximum Gasteiger partial charge on any atom is 0.247 e. The summed E-state index contributed by atoms with van der Waals surface area (Å²) in [5, 5.41) is 9.74. The Bertz CT molecular complexity index is 868. The molecule has 7 nitrogen and oxygen atoms in total. The summed E-state index contributed by atoms with van der Waals surface area (Å²) in [7, 11) is -1.90. The smallest absolute Gasteiger partial charge is 0.247 e. The van der Waals surface area contributed by atoms with Crippen LogP contribution in [-0.2, 0) is 29.3 Å². The van der Waals surface area contributed by atoms with Crippen LogP contribution in [0.2, 0.25) is 0 Å². The number of ether oxygens (including phenoxy) is 1. The van der Waals surface area contributed by atoms with E-state index in [1.165, 1.54) is 7.11 Å². The molecule has 0 atom stereocenters. The highest BCUT2D eigenvalue weighted by atomic mass is 32.2. The quantitative estimate of drug-likeness (QED) is 0.828. The maximum atomic E-state index is 11.6. The standard InChI is InChI=1S/C16H19N3O4S/c1-23-15-4-3-11(7-14(15)20)9-19-6-5-12-8-17-16(24(2,21)22)18-13(12)10-19/h3-4,7-8,20H,5-6,9-10H2,1-2H3. The third-order valence-corrected chi connectivity index (χ3v) is 4.84. The highest BCUT2D eigenvalue weighted by Gasteiger charge is 2.21. The van der Waals surface area contributed by atoms with Crippen molar-refractivity contribution in [2.24, 2.45) is 0 Å². The first-order valence-corrected chi connectivity index (χ1v) is 9.39. The van der Waals surface area contributed by atoms with E-state index < -0.39 is 9.84 Å². The Hall–Kier alpha value is -2.19. The Balaban J connectivity index is 1.78. The number of fused-ring (bicyclic) bond motifs is 1. The van der Waals surface area contributed by atoms with Crippen LogP contribution in [-0.4, -0.2) is 48.3 Å². The lowest BCUT2D eigenvalue weighted by molar-refractivity contribution is 0.239. The number of phenolic OH excluding ortho intramolecular Hbond substituents is 1. The van der Waals surface area contributed by atoms with Crippen molar-refractivity contribution in [1.29, 1.82) is 0 Å². The molecule has 8 heteroatoms. The van der Waals surface area contributed by atoms with Gasteiger partial charge in [-0.1, -0.05) is 6.07 Å². The van der Waals surface area contributed by atoms with Gasteiger partial charge in [-0.25, -0.2) is 18.4 Å². The zero-order valence-electron chi connectivity index (χ0n) is 13.6. The van der Waals surface area contributed by atoms with Gasteiger partial charge >= 0.3 is 0 Å². The molecule has 1 aromatic heterocycles. The molecule has 0 amide bonds. The van der Waals surface area contributed by atoms with E-state index in [1.807, 2.05) is 6.07 Å². The van der Waals surface area contributed by atoms with E-state index in [0.29, 0.717) is 18.8 Å². The molecule has 24 heavy (non-hydrogen) atoms. The maximum absolute atomic E-state index is 11.6. The molecule has 0 bridgehead atoms. The Kier molecular flexibility index (Phi) is 4.42. The number of phenols is 1. The summed E-state index contributed by atoms with van der Waals surface area (Å²) in [4.78, 5) is 10.3. The fourth-order valence-corrected chi connectivity index (χ4v) is 3.26. The minimum Gasteiger partial charge on any atom is -0.504 e. The molecule has 0 saturated heterocycles. The minimum absolute atomic E-state index is 0.106. The molecule has 1 aliphatic rings. The fourth-order valence-electron chi connectivity index (χ4n) is 2.74. The van der Waals surface area contributed by atoms with Gasteiger partial charge in [-0.3, -0.25) is 4.90 Å². The topological polar surface area (TPSA) is 92.6 Å². The SMILES string of the molecule is COc1ccc(CN2CCc3cnc(S(C)(=O)=O)nc3C2)cc1O. The monoisotopic (exact) mass is 349 g/mol. The Morgan fingerprint density at radius 1 is 1.38 bits per heavy atom. The van der Waals surface area contributed by atoms with Gasteiger partial charge in [0.05, 0.1) is 12.8 Å². The highest BCUT2D eigenvalue weighted by molar-refractivity contribution is 7.90. The molecule has 0 unspecified atom stereocenters. The Morgan fingerprint density at radius 2 is 2.17 bits per heavy atom.